The highest BCUT2D eigenvalue weighted by Crippen LogP contribution is 2.30. The Labute approximate surface area is 125 Å². The minimum Gasteiger partial charge on any atom is -0.490 e. The summed E-state index contributed by atoms with van der Waals surface area (Å²) in [7, 11) is 0. The summed E-state index contributed by atoms with van der Waals surface area (Å²) in [5.74, 6) is 1.45. The van der Waals surface area contributed by atoms with Crippen LogP contribution in [0.2, 0.25) is 0 Å². The van der Waals surface area contributed by atoms with Crippen molar-refractivity contribution in [2.24, 2.45) is 5.92 Å². The number of fused-ring (bicyclic) bond motifs is 1. The molecule has 1 atom stereocenters. The summed E-state index contributed by atoms with van der Waals surface area (Å²) in [4.78, 5) is 12.1. The Morgan fingerprint density at radius 3 is 2.71 bits per heavy atom. The van der Waals surface area contributed by atoms with E-state index in [1.54, 1.807) is 18.2 Å². The van der Waals surface area contributed by atoms with Gasteiger partial charge in [-0.25, -0.2) is 0 Å². The van der Waals surface area contributed by atoms with Crippen molar-refractivity contribution in [3.05, 3.63) is 23.8 Å². The molecule has 0 bridgehead atoms. The number of ether oxygens (including phenoxy) is 2. The Bertz CT molecular complexity index is 487. The van der Waals surface area contributed by atoms with E-state index in [1.165, 1.54) is 0 Å². The van der Waals surface area contributed by atoms with Gasteiger partial charge in [-0.1, -0.05) is 13.8 Å². The van der Waals surface area contributed by atoms with E-state index in [2.05, 4.69) is 5.32 Å². The van der Waals surface area contributed by atoms with Gasteiger partial charge in [0, 0.05) is 18.5 Å². The molecule has 1 heterocycles. The molecule has 1 aliphatic rings. The van der Waals surface area contributed by atoms with Crippen molar-refractivity contribution in [2.45, 2.75) is 32.8 Å². The molecule has 1 unspecified atom stereocenters. The average molecular weight is 293 g/mol. The molecule has 21 heavy (non-hydrogen) atoms. The highest BCUT2D eigenvalue weighted by molar-refractivity contribution is 5.94. The largest absolute Gasteiger partial charge is 0.490 e. The van der Waals surface area contributed by atoms with E-state index >= 15 is 0 Å². The quantitative estimate of drug-likeness (QED) is 0.871. The van der Waals surface area contributed by atoms with Crippen LogP contribution >= 0.6 is 0 Å². The standard InChI is InChI=1S/C16H23NO4/c1-11(2)8-13(18)10-17-16(19)12-4-5-14-15(9-12)21-7-3-6-20-14/h4-5,9,11,13,18H,3,6-8,10H2,1-2H3,(H,17,19). The van der Waals surface area contributed by atoms with Gasteiger partial charge in [0.05, 0.1) is 19.3 Å². The number of nitrogens with one attached hydrogen (secondary N) is 1. The Balaban J connectivity index is 1.95. The minimum absolute atomic E-state index is 0.214. The maximum absolute atomic E-state index is 12.1. The molecule has 1 aliphatic heterocycles. The zero-order chi connectivity index (χ0) is 15.2. The van der Waals surface area contributed by atoms with Crippen LogP contribution in [0.3, 0.4) is 0 Å². The summed E-state index contributed by atoms with van der Waals surface area (Å²) in [6.45, 7) is 5.54. The van der Waals surface area contributed by atoms with Crippen LogP contribution in [0.4, 0.5) is 0 Å². The summed E-state index contributed by atoms with van der Waals surface area (Å²) in [5.41, 5.74) is 0.510. The van der Waals surface area contributed by atoms with Crippen LogP contribution in [0, 0.1) is 5.92 Å². The van der Waals surface area contributed by atoms with E-state index in [4.69, 9.17) is 9.47 Å². The van der Waals surface area contributed by atoms with Crippen molar-refractivity contribution < 1.29 is 19.4 Å². The summed E-state index contributed by atoms with van der Waals surface area (Å²) in [5, 5.41) is 12.5. The zero-order valence-electron chi connectivity index (χ0n) is 12.6. The molecule has 116 valence electrons. The fourth-order valence-electron chi connectivity index (χ4n) is 2.24. The van der Waals surface area contributed by atoms with Gasteiger partial charge in [0.15, 0.2) is 11.5 Å². The van der Waals surface area contributed by atoms with E-state index in [1.807, 2.05) is 13.8 Å². The Kier molecular flexibility index (Phi) is 5.44. The Morgan fingerprint density at radius 2 is 2.00 bits per heavy atom. The van der Waals surface area contributed by atoms with Crippen LogP contribution in [0.15, 0.2) is 18.2 Å². The molecular formula is C16H23NO4. The van der Waals surface area contributed by atoms with Gasteiger partial charge in [0.25, 0.3) is 5.91 Å². The number of carbonyl (C=O) groups is 1. The number of benzene rings is 1. The fraction of sp³-hybridized carbons (Fsp3) is 0.562. The summed E-state index contributed by atoms with van der Waals surface area (Å²) < 4.78 is 11.1. The predicted octanol–water partition coefficient (Wildman–Crippen LogP) is 1.98. The molecule has 2 N–H and O–H groups in total. The van der Waals surface area contributed by atoms with Crippen LogP contribution in [0.25, 0.3) is 0 Å². The number of carbonyl (C=O) groups excluding carboxylic acids is 1. The predicted molar refractivity (Wildman–Crippen MR) is 79.8 cm³/mol. The van der Waals surface area contributed by atoms with Crippen molar-refractivity contribution in [2.75, 3.05) is 19.8 Å². The van der Waals surface area contributed by atoms with Crippen LogP contribution in [0.5, 0.6) is 11.5 Å². The van der Waals surface area contributed by atoms with Gasteiger partial charge >= 0.3 is 0 Å². The number of hydrogen-bond donors (Lipinski definition) is 2. The average Bonchev–Trinajstić information content (AvgIpc) is 2.68. The second-order valence-electron chi connectivity index (χ2n) is 5.71. The zero-order valence-corrected chi connectivity index (χ0v) is 12.6. The smallest absolute Gasteiger partial charge is 0.251 e. The number of rotatable bonds is 5. The van der Waals surface area contributed by atoms with Crippen molar-refractivity contribution in [1.82, 2.24) is 5.32 Å². The summed E-state index contributed by atoms with van der Waals surface area (Å²) >= 11 is 0. The van der Waals surface area contributed by atoms with Gasteiger partial charge in [-0.15, -0.1) is 0 Å². The summed E-state index contributed by atoms with van der Waals surface area (Å²) in [6.07, 6.45) is 0.980. The van der Waals surface area contributed by atoms with E-state index in [0.29, 0.717) is 42.6 Å². The lowest BCUT2D eigenvalue weighted by Gasteiger charge is -2.14. The Hall–Kier alpha value is -1.75. The van der Waals surface area contributed by atoms with E-state index in [0.717, 1.165) is 6.42 Å². The van der Waals surface area contributed by atoms with E-state index in [-0.39, 0.29) is 12.5 Å². The van der Waals surface area contributed by atoms with Crippen molar-refractivity contribution in [1.29, 1.82) is 0 Å². The molecule has 5 heteroatoms. The van der Waals surface area contributed by atoms with Crippen molar-refractivity contribution in [3.8, 4) is 11.5 Å². The molecule has 0 fully saturated rings. The third kappa shape index (κ3) is 4.63. The van der Waals surface area contributed by atoms with Gasteiger partial charge < -0.3 is 19.9 Å². The van der Waals surface area contributed by atoms with Crippen LogP contribution in [-0.2, 0) is 0 Å². The Morgan fingerprint density at radius 1 is 1.29 bits per heavy atom. The number of amides is 1. The van der Waals surface area contributed by atoms with Crippen molar-refractivity contribution >= 4 is 5.91 Å². The molecule has 2 rings (SSSR count). The summed E-state index contributed by atoms with van der Waals surface area (Å²) in [6, 6.07) is 5.14. The van der Waals surface area contributed by atoms with Gasteiger partial charge in [0.1, 0.15) is 0 Å². The molecular weight excluding hydrogens is 270 g/mol. The van der Waals surface area contributed by atoms with Crippen LogP contribution in [-0.4, -0.2) is 36.9 Å². The minimum atomic E-state index is -0.519. The topological polar surface area (TPSA) is 67.8 Å². The first-order valence-corrected chi connectivity index (χ1v) is 7.42. The van der Waals surface area contributed by atoms with Gasteiger partial charge in [-0.2, -0.15) is 0 Å². The number of aliphatic hydroxyl groups is 1. The first-order chi connectivity index (χ1) is 10.1. The second kappa shape index (κ2) is 7.31. The molecule has 1 amide bonds. The van der Waals surface area contributed by atoms with Crippen LogP contribution in [0.1, 0.15) is 37.0 Å². The fourth-order valence-corrected chi connectivity index (χ4v) is 2.24. The molecule has 5 nitrogen and oxygen atoms in total. The highest BCUT2D eigenvalue weighted by Gasteiger charge is 2.15. The normalized spacial score (nSPS) is 15.4. The molecule has 0 radical (unpaired) electrons. The molecule has 0 aromatic heterocycles. The second-order valence-corrected chi connectivity index (χ2v) is 5.71. The van der Waals surface area contributed by atoms with Gasteiger partial charge in [-0.05, 0) is 30.5 Å². The monoisotopic (exact) mass is 293 g/mol. The molecule has 1 aromatic rings. The lowest BCUT2D eigenvalue weighted by molar-refractivity contribution is 0.0900. The third-order valence-electron chi connectivity index (χ3n) is 3.25. The molecule has 1 aromatic carbocycles. The lowest BCUT2D eigenvalue weighted by Crippen LogP contribution is -2.32. The van der Waals surface area contributed by atoms with Crippen LogP contribution < -0.4 is 14.8 Å². The van der Waals surface area contributed by atoms with E-state index in [9.17, 15) is 9.90 Å². The molecule has 0 aliphatic carbocycles. The molecule has 0 spiro atoms. The lowest BCUT2D eigenvalue weighted by atomic mass is 10.1. The molecule has 0 saturated heterocycles. The third-order valence-corrected chi connectivity index (χ3v) is 3.25. The first-order valence-electron chi connectivity index (χ1n) is 7.42. The van der Waals surface area contributed by atoms with Gasteiger partial charge in [-0.3, -0.25) is 4.79 Å². The number of hydrogen-bond acceptors (Lipinski definition) is 4. The van der Waals surface area contributed by atoms with Gasteiger partial charge in [0.2, 0.25) is 0 Å². The maximum atomic E-state index is 12.1. The SMILES string of the molecule is CC(C)CC(O)CNC(=O)c1ccc2c(c1)OCCCO2. The number of aliphatic hydroxyl groups excluding tert-OH is 1. The maximum Gasteiger partial charge on any atom is 0.251 e. The highest BCUT2D eigenvalue weighted by atomic mass is 16.5. The first kappa shape index (κ1) is 15.6. The van der Waals surface area contributed by atoms with Crippen molar-refractivity contribution in [3.63, 3.8) is 0 Å². The molecule has 0 saturated carbocycles. The van der Waals surface area contributed by atoms with E-state index < -0.39 is 6.10 Å².